The van der Waals surface area contributed by atoms with Crippen molar-refractivity contribution in [2.45, 2.75) is 0 Å². The summed E-state index contributed by atoms with van der Waals surface area (Å²) in [5.41, 5.74) is 6.51. The number of hydrogen-bond acceptors (Lipinski definition) is 5. The van der Waals surface area contributed by atoms with E-state index in [1.54, 1.807) is 18.2 Å². The largest absolute Gasteiger partial charge is 0.460 e. The highest BCUT2D eigenvalue weighted by Crippen LogP contribution is 2.24. The van der Waals surface area contributed by atoms with Crippen molar-refractivity contribution in [3.63, 3.8) is 0 Å². The molecule has 0 fully saturated rings. The highest BCUT2D eigenvalue weighted by Gasteiger charge is 2.12. The third kappa shape index (κ3) is 4.33. The minimum Gasteiger partial charge on any atom is -0.460 e. The van der Waals surface area contributed by atoms with E-state index < -0.39 is 5.97 Å². The number of esters is 1. The van der Waals surface area contributed by atoms with Gasteiger partial charge in [0.2, 0.25) is 0 Å². The number of halogens is 1. The van der Waals surface area contributed by atoms with Crippen LogP contribution in [0.25, 0.3) is 0 Å². The van der Waals surface area contributed by atoms with Crippen molar-refractivity contribution < 1.29 is 19.4 Å². The average Bonchev–Trinajstić information content (AvgIpc) is 2.32. The van der Waals surface area contributed by atoms with Crippen molar-refractivity contribution in [2.75, 3.05) is 32.2 Å². The van der Waals surface area contributed by atoms with Gasteiger partial charge in [-0.05, 0) is 28.1 Å². The van der Waals surface area contributed by atoms with E-state index in [1.807, 2.05) is 0 Å². The molecule has 5 nitrogen and oxygen atoms in total. The maximum absolute atomic E-state index is 11.6. The number of aliphatic hydroxyl groups excluding tert-OH is 1. The van der Waals surface area contributed by atoms with Crippen LogP contribution in [0.5, 0.6) is 0 Å². The van der Waals surface area contributed by atoms with E-state index in [0.29, 0.717) is 15.7 Å². The Morgan fingerprint density at radius 2 is 2.12 bits per heavy atom. The lowest BCUT2D eigenvalue weighted by Gasteiger charge is -2.07. The zero-order valence-electron chi connectivity index (χ0n) is 9.19. The molecule has 0 bridgehead atoms. The summed E-state index contributed by atoms with van der Waals surface area (Å²) in [6.45, 7) is 0.584. The average molecular weight is 304 g/mol. The number of rotatable bonds is 6. The number of benzene rings is 1. The zero-order valence-corrected chi connectivity index (χ0v) is 10.8. The highest BCUT2D eigenvalue weighted by atomic mass is 79.9. The van der Waals surface area contributed by atoms with Crippen molar-refractivity contribution in [2.24, 2.45) is 0 Å². The first-order chi connectivity index (χ1) is 8.16. The summed E-state index contributed by atoms with van der Waals surface area (Å²) in [4.78, 5) is 11.6. The molecule has 0 saturated carbocycles. The van der Waals surface area contributed by atoms with Crippen LogP contribution in [-0.2, 0) is 9.47 Å². The number of nitrogen functional groups attached to an aromatic ring is 1. The molecule has 17 heavy (non-hydrogen) atoms. The number of hydrogen-bond donors (Lipinski definition) is 2. The van der Waals surface area contributed by atoms with Crippen molar-refractivity contribution in [1.82, 2.24) is 0 Å². The molecule has 1 aromatic rings. The van der Waals surface area contributed by atoms with Crippen LogP contribution in [0.15, 0.2) is 22.7 Å². The van der Waals surface area contributed by atoms with Crippen LogP contribution in [0.1, 0.15) is 10.4 Å². The van der Waals surface area contributed by atoms with Crippen LogP contribution in [-0.4, -0.2) is 37.5 Å². The van der Waals surface area contributed by atoms with Gasteiger partial charge in [-0.2, -0.15) is 0 Å². The summed E-state index contributed by atoms with van der Waals surface area (Å²) in [7, 11) is 0. The summed E-state index contributed by atoms with van der Waals surface area (Å²) in [6, 6.07) is 4.99. The minimum atomic E-state index is -0.461. The molecule has 0 atom stereocenters. The van der Waals surface area contributed by atoms with Gasteiger partial charge in [-0.1, -0.05) is 6.07 Å². The van der Waals surface area contributed by atoms with Crippen LogP contribution in [0.2, 0.25) is 0 Å². The predicted molar refractivity (Wildman–Crippen MR) is 66.7 cm³/mol. The molecule has 0 heterocycles. The Balaban J connectivity index is 2.44. The number of ether oxygens (including phenoxy) is 2. The molecule has 0 radical (unpaired) electrons. The molecule has 1 rings (SSSR count). The number of nitrogens with two attached hydrogens (primary N) is 1. The van der Waals surface area contributed by atoms with E-state index >= 15 is 0 Å². The Kier molecular flexibility index (Phi) is 5.96. The third-order valence-corrected chi connectivity index (χ3v) is 2.83. The predicted octanol–water partition coefficient (Wildman–Crippen LogP) is 1.20. The fourth-order valence-corrected chi connectivity index (χ4v) is 1.57. The SMILES string of the molecule is Nc1cccc(C(=O)OCCOCCO)c1Br. The fourth-order valence-electron chi connectivity index (χ4n) is 1.15. The smallest absolute Gasteiger partial charge is 0.339 e. The molecular weight excluding hydrogens is 290 g/mol. The molecule has 0 aliphatic rings. The molecule has 0 aromatic heterocycles. The molecule has 0 aliphatic carbocycles. The van der Waals surface area contributed by atoms with E-state index in [2.05, 4.69) is 15.9 Å². The Morgan fingerprint density at radius 3 is 2.82 bits per heavy atom. The van der Waals surface area contributed by atoms with Gasteiger partial charge in [-0.25, -0.2) is 4.79 Å². The molecular formula is C11H14BrNO4. The Hall–Kier alpha value is -1.11. The first kappa shape index (κ1) is 14.0. The van der Waals surface area contributed by atoms with E-state index in [4.69, 9.17) is 20.3 Å². The van der Waals surface area contributed by atoms with E-state index in [0.717, 1.165) is 0 Å². The number of carbonyl (C=O) groups excluding carboxylic acids is 1. The van der Waals surface area contributed by atoms with E-state index in [1.165, 1.54) is 0 Å². The summed E-state index contributed by atoms with van der Waals surface area (Å²) >= 11 is 3.22. The molecule has 0 amide bonds. The van der Waals surface area contributed by atoms with Crippen molar-refractivity contribution in [1.29, 1.82) is 0 Å². The van der Waals surface area contributed by atoms with Gasteiger partial charge in [0.15, 0.2) is 0 Å². The Labute approximate surface area is 108 Å². The van der Waals surface area contributed by atoms with Gasteiger partial charge in [0.05, 0.1) is 29.9 Å². The first-order valence-electron chi connectivity index (χ1n) is 5.06. The van der Waals surface area contributed by atoms with Gasteiger partial charge in [-0.15, -0.1) is 0 Å². The molecule has 0 spiro atoms. The monoisotopic (exact) mass is 303 g/mol. The Morgan fingerprint density at radius 1 is 1.35 bits per heavy atom. The van der Waals surface area contributed by atoms with Crippen molar-refractivity contribution in [3.05, 3.63) is 28.2 Å². The molecule has 0 aliphatic heterocycles. The van der Waals surface area contributed by atoms with Crippen LogP contribution in [0.3, 0.4) is 0 Å². The zero-order chi connectivity index (χ0) is 12.7. The van der Waals surface area contributed by atoms with Crippen LogP contribution >= 0.6 is 15.9 Å². The maximum Gasteiger partial charge on any atom is 0.339 e. The van der Waals surface area contributed by atoms with Gasteiger partial charge in [0.25, 0.3) is 0 Å². The number of aliphatic hydroxyl groups is 1. The summed E-state index contributed by atoms with van der Waals surface area (Å²) in [6.07, 6.45) is 0. The normalized spacial score (nSPS) is 10.2. The minimum absolute atomic E-state index is 0.0469. The van der Waals surface area contributed by atoms with Gasteiger partial charge >= 0.3 is 5.97 Å². The second kappa shape index (κ2) is 7.26. The topological polar surface area (TPSA) is 81.8 Å². The molecule has 1 aromatic carbocycles. The fraction of sp³-hybridized carbons (Fsp3) is 0.364. The van der Waals surface area contributed by atoms with Crippen LogP contribution in [0, 0.1) is 0 Å². The number of anilines is 1. The lowest BCUT2D eigenvalue weighted by molar-refractivity contribution is 0.0257. The second-order valence-corrected chi connectivity index (χ2v) is 3.97. The summed E-state index contributed by atoms with van der Waals surface area (Å²) in [5.74, 6) is -0.461. The second-order valence-electron chi connectivity index (χ2n) is 3.18. The molecule has 3 N–H and O–H groups in total. The van der Waals surface area contributed by atoms with Crippen LogP contribution in [0.4, 0.5) is 5.69 Å². The van der Waals surface area contributed by atoms with Gasteiger partial charge in [0.1, 0.15) is 6.61 Å². The highest BCUT2D eigenvalue weighted by molar-refractivity contribution is 9.10. The molecule has 0 saturated heterocycles. The summed E-state index contributed by atoms with van der Waals surface area (Å²) < 4.78 is 10.5. The van der Waals surface area contributed by atoms with Crippen LogP contribution < -0.4 is 5.73 Å². The van der Waals surface area contributed by atoms with Gasteiger partial charge in [-0.3, -0.25) is 0 Å². The molecule has 94 valence electrons. The number of carbonyl (C=O) groups is 1. The van der Waals surface area contributed by atoms with Crippen molar-refractivity contribution >= 4 is 27.6 Å². The third-order valence-electron chi connectivity index (χ3n) is 1.94. The standard InChI is InChI=1S/C11H14BrNO4/c12-10-8(2-1-3-9(10)13)11(15)17-7-6-16-5-4-14/h1-3,14H,4-7,13H2. The molecule has 0 unspecified atom stereocenters. The van der Waals surface area contributed by atoms with Crippen molar-refractivity contribution in [3.8, 4) is 0 Å². The Bertz CT molecular complexity index is 384. The quantitative estimate of drug-likeness (QED) is 0.469. The lowest BCUT2D eigenvalue weighted by atomic mass is 10.2. The lowest BCUT2D eigenvalue weighted by Crippen LogP contribution is -2.13. The van der Waals surface area contributed by atoms with E-state index in [9.17, 15) is 4.79 Å². The van der Waals surface area contributed by atoms with Gasteiger partial charge < -0.3 is 20.3 Å². The van der Waals surface area contributed by atoms with Gasteiger partial charge in [0, 0.05) is 5.69 Å². The first-order valence-corrected chi connectivity index (χ1v) is 5.86. The van der Waals surface area contributed by atoms with E-state index in [-0.39, 0.29) is 26.4 Å². The molecule has 6 heteroatoms. The maximum atomic E-state index is 11.6. The summed E-state index contributed by atoms with van der Waals surface area (Å²) in [5, 5.41) is 8.47.